The summed E-state index contributed by atoms with van der Waals surface area (Å²) in [6.45, 7) is 0.307. The van der Waals surface area contributed by atoms with Crippen LogP contribution in [0.1, 0.15) is 27.8 Å². The second-order valence-electron chi connectivity index (χ2n) is 7.95. The molecule has 1 N–H and O–H groups in total. The van der Waals surface area contributed by atoms with Gasteiger partial charge in [0, 0.05) is 23.5 Å². The van der Waals surface area contributed by atoms with Crippen LogP contribution in [0, 0.1) is 0 Å². The Hall–Kier alpha value is -4.52. The first-order valence-corrected chi connectivity index (χ1v) is 11.2. The van der Waals surface area contributed by atoms with Gasteiger partial charge in [-0.3, -0.25) is 14.7 Å². The second-order valence-corrected chi connectivity index (χ2v) is 7.95. The average Bonchev–Trinajstić information content (AvgIpc) is 2.92. The lowest BCUT2D eigenvalue weighted by atomic mass is 10.0. The van der Waals surface area contributed by atoms with Crippen molar-refractivity contribution in [3.63, 3.8) is 0 Å². The van der Waals surface area contributed by atoms with Crippen molar-refractivity contribution in [3.8, 4) is 17.2 Å². The van der Waals surface area contributed by atoms with Crippen molar-refractivity contribution in [2.24, 2.45) is 0 Å². The molecule has 1 amide bonds. The number of hydrogen-bond donors (Lipinski definition) is 1. The largest absolute Gasteiger partial charge is 0.497 e. The highest BCUT2D eigenvalue weighted by molar-refractivity contribution is 6.12. The van der Waals surface area contributed by atoms with Gasteiger partial charge in [0.25, 0.3) is 5.91 Å². The molecule has 0 bridgehead atoms. The first-order chi connectivity index (χ1) is 17.2. The van der Waals surface area contributed by atoms with Crippen LogP contribution in [0.3, 0.4) is 0 Å². The first kappa shape index (κ1) is 22.3. The van der Waals surface area contributed by atoms with Crippen LogP contribution in [0.5, 0.6) is 17.2 Å². The fourth-order valence-corrected chi connectivity index (χ4v) is 4.18. The van der Waals surface area contributed by atoms with Gasteiger partial charge in [0.05, 0.1) is 31.2 Å². The fraction of sp³-hybridized carbons (Fsp3) is 0.143. The molecule has 0 spiro atoms. The summed E-state index contributed by atoms with van der Waals surface area (Å²) in [5, 5.41) is 3.53. The van der Waals surface area contributed by atoms with Crippen LogP contribution in [-0.4, -0.2) is 25.1 Å². The number of benzene rings is 3. The predicted molar refractivity (Wildman–Crippen MR) is 134 cm³/mol. The number of aromatic nitrogens is 1. The monoisotopic (exact) mass is 467 g/mol. The maximum Gasteiger partial charge on any atom is 0.262 e. The predicted octanol–water partition coefficient (Wildman–Crippen LogP) is 5.45. The lowest BCUT2D eigenvalue weighted by Crippen LogP contribution is -2.43. The van der Waals surface area contributed by atoms with E-state index in [-0.39, 0.29) is 5.91 Å². The normalized spacial score (nSPS) is 14.6. The zero-order valence-electron chi connectivity index (χ0n) is 19.5. The molecular weight excluding hydrogens is 442 g/mol. The van der Waals surface area contributed by atoms with E-state index in [0.29, 0.717) is 35.1 Å². The summed E-state index contributed by atoms with van der Waals surface area (Å²) < 4.78 is 17.2. The number of methoxy groups -OCH3 is 2. The fourth-order valence-electron chi connectivity index (χ4n) is 4.18. The topological polar surface area (TPSA) is 72.9 Å². The molecule has 5 rings (SSSR count). The Bertz CT molecular complexity index is 1340. The molecule has 1 unspecified atom stereocenters. The summed E-state index contributed by atoms with van der Waals surface area (Å²) in [7, 11) is 3.17. The molecule has 0 saturated carbocycles. The van der Waals surface area contributed by atoms with Crippen LogP contribution in [0.25, 0.3) is 0 Å². The van der Waals surface area contributed by atoms with Crippen LogP contribution < -0.4 is 24.4 Å². The zero-order chi connectivity index (χ0) is 24.2. The molecule has 2 heterocycles. The number of carbonyl (C=O) groups excluding carboxylic acids is 1. The number of amides is 1. The molecule has 1 aliphatic rings. The number of rotatable bonds is 7. The molecule has 7 nitrogen and oxygen atoms in total. The highest BCUT2D eigenvalue weighted by Crippen LogP contribution is 2.43. The molecule has 35 heavy (non-hydrogen) atoms. The smallest absolute Gasteiger partial charge is 0.262 e. The van der Waals surface area contributed by atoms with Gasteiger partial charge in [-0.15, -0.1) is 0 Å². The summed E-state index contributed by atoms with van der Waals surface area (Å²) in [4.78, 5) is 19.9. The van der Waals surface area contributed by atoms with Gasteiger partial charge in [0.15, 0.2) is 0 Å². The quantitative estimate of drug-likeness (QED) is 0.390. The van der Waals surface area contributed by atoms with Crippen molar-refractivity contribution in [1.82, 2.24) is 4.98 Å². The summed E-state index contributed by atoms with van der Waals surface area (Å²) in [5.74, 6) is 1.67. The van der Waals surface area contributed by atoms with Gasteiger partial charge in [-0.05, 0) is 42.5 Å². The molecule has 0 saturated heterocycles. The molecule has 176 valence electrons. The third kappa shape index (κ3) is 4.36. The Kier molecular flexibility index (Phi) is 6.22. The maximum absolute atomic E-state index is 13.9. The molecule has 1 aromatic heterocycles. The summed E-state index contributed by atoms with van der Waals surface area (Å²) >= 11 is 0. The van der Waals surface area contributed by atoms with E-state index in [2.05, 4.69) is 10.3 Å². The van der Waals surface area contributed by atoms with Gasteiger partial charge in [-0.1, -0.05) is 36.4 Å². The molecule has 0 fully saturated rings. The Morgan fingerprint density at radius 1 is 0.886 bits per heavy atom. The number of pyridine rings is 1. The maximum atomic E-state index is 13.9. The van der Waals surface area contributed by atoms with Crippen LogP contribution in [-0.2, 0) is 6.61 Å². The van der Waals surface area contributed by atoms with Gasteiger partial charge in [0.2, 0.25) is 0 Å². The molecule has 3 aromatic carbocycles. The number of carbonyl (C=O) groups is 1. The third-order valence-corrected chi connectivity index (χ3v) is 5.89. The number of nitrogens with zero attached hydrogens (tertiary/aromatic N) is 2. The Labute approximate surface area is 203 Å². The number of fused-ring (bicyclic) bond motifs is 1. The second kappa shape index (κ2) is 9.77. The van der Waals surface area contributed by atoms with Crippen molar-refractivity contribution >= 4 is 17.3 Å². The minimum Gasteiger partial charge on any atom is -0.497 e. The number of nitrogens with one attached hydrogen (secondary N) is 1. The van der Waals surface area contributed by atoms with Crippen molar-refractivity contribution in [3.05, 3.63) is 108 Å². The Morgan fingerprint density at radius 2 is 1.69 bits per heavy atom. The average molecular weight is 468 g/mol. The SMILES string of the molecule is COc1ccc(N2C(=O)c3ccccc3NC2c2ccccc2OCc2ccccn2)c(OC)c1. The molecule has 1 aliphatic heterocycles. The molecule has 4 aromatic rings. The highest BCUT2D eigenvalue weighted by atomic mass is 16.5. The third-order valence-electron chi connectivity index (χ3n) is 5.89. The standard InChI is InChI=1S/C28H25N3O4/c1-33-20-14-15-24(26(17-20)34-2)31-27(30-23-12-5-3-10-21(23)28(31)32)22-11-4-6-13-25(22)35-18-19-9-7-8-16-29-19/h3-17,27,30H,18H2,1-2H3. The molecule has 0 aliphatic carbocycles. The van der Waals surface area contributed by atoms with E-state index < -0.39 is 6.17 Å². The van der Waals surface area contributed by atoms with E-state index in [9.17, 15) is 4.79 Å². The van der Waals surface area contributed by atoms with E-state index in [0.717, 1.165) is 16.9 Å². The van der Waals surface area contributed by atoms with Crippen molar-refractivity contribution in [2.45, 2.75) is 12.8 Å². The van der Waals surface area contributed by atoms with E-state index in [1.807, 2.05) is 78.9 Å². The van der Waals surface area contributed by atoms with Crippen LogP contribution >= 0.6 is 0 Å². The van der Waals surface area contributed by atoms with Crippen LogP contribution in [0.2, 0.25) is 0 Å². The first-order valence-electron chi connectivity index (χ1n) is 11.2. The van der Waals surface area contributed by atoms with Gasteiger partial charge in [-0.25, -0.2) is 0 Å². The molecular formula is C28H25N3O4. The Balaban J connectivity index is 1.60. The molecule has 0 radical (unpaired) electrons. The van der Waals surface area contributed by atoms with Gasteiger partial charge >= 0.3 is 0 Å². The van der Waals surface area contributed by atoms with Crippen LogP contribution in [0.4, 0.5) is 11.4 Å². The number of para-hydroxylation sites is 2. The molecule has 7 heteroatoms. The van der Waals surface area contributed by atoms with E-state index >= 15 is 0 Å². The number of ether oxygens (including phenoxy) is 3. The Morgan fingerprint density at radius 3 is 2.49 bits per heavy atom. The summed E-state index contributed by atoms with van der Waals surface area (Å²) in [5.41, 5.74) is 3.57. The van der Waals surface area contributed by atoms with Gasteiger partial charge < -0.3 is 19.5 Å². The van der Waals surface area contributed by atoms with Crippen molar-refractivity contribution < 1.29 is 19.0 Å². The minimum atomic E-state index is -0.542. The summed E-state index contributed by atoms with van der Waals surface area (Å²) in [6, 6.07) is 26.3. The zero-order valence-corrected chi connectivity index (χ0v) is 19.5. The van der Waals surface area contributed by atoms with Crippen molar-refractivity contribution in [1.29, 1.82) is 0 Å². The van der Waals surface area contributed by atoms with Gasteiger partial charge in [-0.2, -0.15) is 0 Å². The van der Waals surface area contributed by atoms with E-state index in [4.69, 9.17) is 14.2 Å². The lowest BCUT2D eigenvalue weighted by molar-refractivity contribution is 0.0973. The van der Waals surface area contributed by atoms with Crippen LogP contribution in [0.15, 0.2) is 91.1 Å². The minimum absolute atomic E-state index is 0.146. The number of anilines is 2. The number of hydrogen-bond acceptors (Lipinski definition) is 6. The highest BCUT2D eigenvalue weighted by Gasteiger charge is 2.37. The molecule has 1 atom stereocenters. The van der Waals surface area contributed by atoms with E-state index in [1.165, 1.54) is 0 Å². The van der Waals surface area contributed by atoms with Crippen molar-refractivity contribution in [2.75, 3.05) is 24.4 Å². The lowest BCUT2D eigenvalue weighted by Gasteiger charge is -2.39. The van der Waals surface area contributed by atoms with E-state index in [1.54, 1.807) is 31.4 Å². The summed E-state index contributed by atoms with van der Waals surface area (Å²) in [6.07, 6.45) is 1.19. The van der Waals surface area contributed by atoms with Gasteiger partial charge in [0.1, 0.15) is 30.0 Å².